The van der Waals surface area contributed by atoms with Gasteiger partial charge in [0.15, 0.2) is 0 Å². The summed E-state index contributed by atoms with van der Waals surface area (Å²) < 4.78 is 21.3. The lowest BCUT2D eigenvalue weighted by atomic mass is 9.81. The lowest BCUT2D eigenvalue weighted by molar-refractivity contribution is 0.257. The van der Waals surface area contributed by atoms with Crippen LogP contribution in [-0.2, 0) is 0 Å². The third-order valence-corrected chi connectivity index (χ3v) is 6.08. The summed E-state index contributed by atoms with van der Waals surface area (Å²) in [6.07, 6.45) is 4.51. The van der Waals surface area contributed by atoms with Gasteiger partial charge in [0, 0.05) is 18.0 Å². The number of aromatic nitrogens is 5. The highest BCUT2D eigenvalue weighted by Crippen LogP contribution is 2.33. The molecule has 1 aliphatic rings. The fraction of sp³-hybridized carbons (Fsp3) is 0.417. The van der Waals surface area contributed by atoms with E-state index in [1.54, 1.807) is 35.0 Å². The third kappa shape index (κ3) is 4.76. The minimum atomic E-state index is -0.434. The van der Waals surface area contributed by atoms with E-state index in [2.05, 4.69) is 46.3 Å². The van der Waals surface area contributed by atoms with Crippen molar-refractivity contribution in [3.63, 3.8) is 0 Å². The van der Waals surface area contributed by atoms with Gasteiger partial charge in [-0.15, -0.1) is 12.4 Å². The summed E-state index contributed by atoms with van der Waals surface area (Å²) >= 11 is 0. The van der Waals surface area contributed by atoms with Crippen molar-refractivity contribution >= 4 is 18.1 Å². The maximum Gasteiger partial charge on any atom is 0.263 e. The first-order valence-corrected chi connectivity index (χ1v) is 11.2. The van der Waals surface area contributed by atoms with Gasteiger partial charge < -0.3 is 14.8 Å². The quantitative estimate of drug-likeness (QED) is 0.438. The number of benzene rings is 1. The maximum atomic E-state index is 14.1. The van der Waals surface area contributed by atoms with E-state index in [-0.39, 0.29) is 46.6 Å². The normalized spacial score (nSPS) is 18.7. The standard InChI is InChI=1S/C24H27FN6O2.ClH/c1-24(2,3)12-15-10-14(8-9-26-15)19-11-20(32)28-22-17(13-27-31(19)22)23-29-21(30-33-23)16-6-4-5-7-18(16)25;/h4-7,11,13-15,26H,8-10,12H2,1-3H3,(H,28,32);1H/t14-,15+;/m1./s1. The van der Waals surface area contributed by atoms with E-state index < -0.39 is 5.82 Å². The van der Waals surface area contributed by atoms with E-state index in [9.17, 15) is 9.18 Å². The minimum absolute atomic E-state index is 0. The molecule has 1 aromatic carbocycles. The highest BCUT2D eigenvalue weighted by atomic mass is 35.5. The molecule has 0 amide bonds. The topological polar surface area (TPSA) is 101 Å². The van der Waals surface area contributed by atoms with Crippen molar-refractivity contribution in [2.45, 2.75) is 52.0 Å². The maximum absolute atomic E-state index is 14.1. The molecule has 2 atom stereocenters. The molecule has 1 aliphatic heterocycles. The number of nitrogens with zero attached hydrogens (tertiary/aromatic N) is 4. The number of hydrogen-bond acceptors (Lipinski definition) is 6. The van der Waals surface area contributed by atoms with Crippen LogP contribution in [0.4, 0.5) is 4.39 Å². The molecule has 4 heterocycles. The average Bonchev–Trinajstić information content (AvgIpc) is 3.39. The Hall–Kier alpha value is -3.04. The highest BCUT2D eigenvalue weighted by molar-refractivity contribution is 5.85. The number of halogens is 2. The monoisotopic (exact) mass is 486 g/mol. The largest absolute Gasteiger partial charge is 0.333 e. The predicted octanol–water partition coefficient (Wildman–Crippen LogP) is 4.57. The van der Waals surface area contributed by atoms with Crippen LogP contribution < -0.4 is 10.9 Å². The van der Waals surface area contributed by atoms with Crippen molar-refractivity contribution in [1.82, 2.24) is 30.1 Å². The first-order valence-electron chi connectivity index (χ1n) is 11.2. The van der Waals surface area contributed by atoms with E-state index in [0.29, 0.717) is 17.3 Å². The van der Waals surface area contributed by atoms with Crippen molar-refractivity contribution < 1.29 is 8.91 Å². The van der Waals surface area contributed by atoms with Crippen LogP contribution in [0.3, 0.4) is 0 Å². The van der Waals surface area contributed by atoms with Crippen molar-refractivity contribution in [2.24, 2.45) is 5.41 Å². The van der Waals surface area contributed by atoms with Crippen LogP contribution in [0, 0.1) is 11.2 Å². The van der Waals surface area contributed by atoms with Crippen molar-refractivity contribution in [2.75, 3.05) is 6.54 Å². The van der Waals surface area contributed by atoms with E-state index in [0.717, 1.165) is 31.5 Å². The Morgan fingerprint density at radius 2 is 2.03 bits per heavy atom. The molecule has 2 N–H and O–H groups in total. The van der Waals surface area contributed by atoms with Gasteiger partial charge in [0.2, 0.25) is 5.82 Å². The van der Waals surface area contributed by atoms with Crippen molar-refractivity contribution in [3.05, 3.63) is 58.4 Å². The molecule has 0 bridgehead atoms. The molecule has 0 unspecified atom stereocenters. The molecule has 1 saturated heterocycles. The van der Waals surface area contributed by atoms with Crippen molar-refractivity contribution in [1.29, 1.82) is 0 Å². The molecule has 5 rings (SSSR count). The summed E-state index contributed by atoms with van der Waals surface area (Å²) in [7, 11) is 0. The van der Waals surface area contributed by atoms with Gasteiger partial charge >= 0.3 is 0 Å². The average molecular weight is 487 g/mol. The summed E-state index contributed by atoms with van der Waals surface area (Å²) in [5.74, 6) is 0.0836. The Morgan fingerprint density at radius 3 is 2.79 bits per heavy atom. The molecule has 0 aliphatic carbocycles. The molecule has 8 nitrogen and oxygen atoms in total. The Balaban J connectivity index is 0.00000274. The molecule has 10 heteroatoms. The summed E-state index contributed by atoms with van der Waals surface area (Å²) in [6.45, 7) is 7.61. The van der Waals surface area contributed by atoms with Gasteiger partial charge in [-0.05, 0) is 43.4 Å². The Bertz CT molecular complexity index is 1360. The molecule has 1 fully saturated rings. The summed E-state index contributed by atoms with van der Waals surface area (Å²) in [4.78, 5) is 19.8. The van der Waals surface area contributed by atoms with E-state index in [1.165, 1.54) is 6.07 Å². The molecular weight excluding hydrogens is 459 g/mol. The second kappa shape index (κ2) is 9.31. The van der Waals surface area contributed by atoms with Gasteiger partial charge in [0.25, 0.3) is 11.4 Å². The number of hydrogen-bond donors (Lipinski definition) is 2. The Morgan fingerprint density at radius 1 is 1.24 bits per heavy atom. The molecule has 180 valence electrons. The fourth-order valence-electron chi connectivity index (χ4n) is 4.71. The van der Waals surface area contributed by atoms with Gasteiger partial charge in [0.05, 0.1) is 17.5 Å². The first-order chi connectivity index (χ1) is 15.8. The smallest absolute Gasteiger partial charge is 0.263 e. The van der Waals surface area contributed by atoms with Crippen LogP contribution in [-0.4, -0.2) is 37.3 Å². The van der Waals surface area contributed by atoms with Gasteiger partial charge in [-0.1, -0.05) is 38.1 Å². The predicted molar refractivity (Wildman–Crippen MR) is 130 cm³/mol. The van der Waals surface area contributed by atoms with Crippen LogP contribution >= 0.6 is 12.4 Å². The van der Waals surface area contributed by atoms with E-state index in [4.69, 9.17) is 4.52 Å². The molecule has 0 spiro atoms. The van der Waals surface area contributed by atoms with Crippen LogP contribution in [0.5, 0.6) is 0 Å². The Kier molecular flexibility index (Phi) is 6.60. The lowest BCUT2D eigenvalue weighted by Crippen LogP contribution is -2.40. The summed E-state index contributed by atoms with van der Waals surface area (Å²) in [6, 6.07) is 8.25. The number of aromatic amines is 1. The molecule has 0 radical (unpaired) electrons. The summed E-state index contributed by atoms with van der Waals surface area (Å²) in [5.41, 5.74) is 2.12. The number of piperidine rings is 1. The number of nitrogens with one attached hydrogen (secondary N) is 2. The van der Waals surface area contributed by atoms with Gasteiger partial charge in [0.1, 0.15) is 17.0 Å². The van der Waals surface area contributed by atoms with E-state index in [1.807, 2.05) is 0 Å². The summed E-state index contributed by atoms with van der Waals surface area (Å²) in [5, 5.41) is 12.1. The second-order valence-corrected chi connectivity index (χ2v) is 9.92. The molecule has 34 heavy (non-hydrogen) atoms. The van der Waals surface area contributed by atoms with E-state index >= 15 is 0 Å². The number of rotatable bonds is 4. The number of H-pyrrole nitrogens is 1. The molecule has 3 aromatic heterocycles. The SMILES string of the molecule is CC(C)(C)C[C@@H]1C[C@H](c2cc(=O)[nH]c3c(-c4nc(-c5ccccc5F)no4)cnn23)CCN1.Cl. The van der Waals surface area contributed by atoms with Crippen LogP contribution in [0.2, 0.25) is 0 Å². The number of fused-ring (bicyclic) bond motifs is 1. The van der Waals surface area contributed by atoms with Crippen molar-refractivity contribution in [3.8, 4) is 22.8 Å². The highest BCUT2D eigenvalue weighted by Gasteiger charge is 2.29. The minimum Gasteiger partial charge on any atom is -0.333 e. The zero-order chi connectivity index (χ0) is 23.2. The van der Waals surface area contributed by atoms with Crippen LogP contribution in [0.15, 0.2) is 45.8 Å². The molecule has 0 saturated carbocycles. The van der Waals surface area contributed by atoms with Crippen LogP contribution in [0.25, 0.3) is 28.5 Å². The third-order valence-electron chi connectivity index (χ3n) is 6.08. The zero-order valence-electron chi connectivity index (χ0n) is 19.3. The van der Waals surface area contributed by atoms with Gasteiger partial charge in [-0.3, -0.25) is 4.79 Å². The second-order valence-electron chi connectivity index (χ2n) is 9.92. The van der Waals surface area contributed by atoms with Gasteiger partial charge in [-0.25, -0.2) is 8.91 Å². The van der Waals surface area contributed by atoms with Crippen LogP contribution in [0.1, 0.15) is 51.6 Å². The zero-order valence-corrected chi connectivity index (χ0v) is 20.2. The molecule has 4 aromatic rings. The lowest BCUT2D eigenvalue weighted by Gasteiger charge is -2.34. The first kappa shape index (κ1) is 24.1. The Labute approximate surface area is 202 Å². The molecular formula is C24H28ClFN6O2. The fourth-order valence-corrected chi connectivity index (χ4v) is 4.71. The van der Waals surface area contributed by atoms with Gasteiger partial charge in [-0.2, -0.15) is 10.1 Å².